The SMILES string of the molecule is CC(C)CC[NH+](Cc1cccn1Cc1ccc(C(C)(C)C)cc1)C[C@H](O)C(C)C. The van der Waals surface area contributed by atoms with Crippen molar-refractivity contribution in [3.63, 3.8) is 0 Å². The van der Waals surface area contributed by atoms with Crippen LogP contribution in [0.2, 0.25) is 0 Å². The van der Waals surface area contributed by atoms with E-state index in [0.29, 0.717) is 11.8 Å². The molecular formula is C26H43N2O+. The van der Waals surface area contributed by atoms with E-state index in [-0.39, 0.29) is 11.5 Å². The number of aliphatic hydroxyl groups excluding tert-OH is 1. The minimum Gasteiger partial charge on any atom is -0.387 e. The monoisotopic (exact) mass is 399 g/mol. The van der Waals surface area contributed by atoms with Gasteiger partial charge in [0.2, 0.25) is 0 Å². The van der Waals surface area contributed by atoms with Crippen molar-refractivity contribution in [2.45, 2.75) is 79.5 Å². The third kappa shape index (κ3) is 7.64. The van der Waals surface area contributed by atoms with Crippen LogP contribution in [0, 0.1) is 11.8 Å². The first kappa shape index (κ1) is 23.7. The molecule has 1 unspecified atom stereocenters. The average molecular weight is 400 g/mol. The van der Waals surface area contributed by atoms with Crippen molar-refractivity contribution < 1.29 is 10.0 Å². The van der Waals surface area contributed by atoms with Gasteiger partial charge in [0.1, 0.15) is 19.2 Å². The second-order valence-corrected chi connectivity index (χ2v) is 10.4. The van der Waals surface area contributed by atoms with E-state index in [1.165, 1.54) is 28.1 Å². The summed E-state index contributed by atoms with van der Waals surface area (Å²) in [6.45, 7) is 19.3. The van der Waals surface area contributed by atoms with E-state index >= 15 is 0 Å². The Kier molecular flexibility index (Phi) is 8.54. The molecule has 0 bridgehead atoms. The van der Waals surface area contributed by atoms with Crippen LogP contribution in [-0.2, 0) is 18.5 Å². The minimum absolute atomic E-state index is 0.189. The van der Waals surface area contributed by atoms with Crippen LogP contribution in [0.15, 0.2) is 42.6 Å². The van der Waals surface area contributed by atoms with Crippen molar-refractivity contribution in [1.29, 1.82) is 0 Å². The average Bonchev–Trinajstić information content (AvgIpc) is 3.05. The Morgan fingerprint density at radius 3 is 2.21 bits per heavy atom. The van der Waals surface area contributed by atoms with Crippen LogP contribution in [0.4, 0.5) is 0 Å². The molecule has 2 rings (SSSR count). The van der Waals surface area contributed by atoms with E-state index < -0.39 is 0 Å². The van der Waals surface area contributed by atoms with E-state index in [4.69, 9.17) is 0 Å². The molecule has 0 saturated heterocycles. The molecule has 0 aliphatic heterocycles. The summed E-state index contributed by atoms with van der Waals surface area (Å²) < 4.78 is 2.36. The van der Waals surface area contributed by atoms with Gasteiger partial charge in [-0.1, -0.05) is 72.7 Å². The van der Waals surface area contributed by atoms with Crippen LogP contribution in [0.5, 0.6) is 0 Å². The topological polar surface area (TPSA) is 29.6 Å². The first-order chi connectivity index (χ1) is 13.6. The van der Waals surface area contributed by atoms with Gasteiger partial charge in [-0.05, 0) is 46.9 Å². The molecule has 2 N–H and O–H groups in total. The molecule has 0 amide bonds. The van der Waals surface area contributed by atoms with E-state index in [1.54, 1.807) is 0 Å². The van der Waals surface area contributed by atoms with Gasteiger partial charge in [0, 0.05) is 12.7 Å². The summed E-state index contributed by atoms with van der Waals surface area (Å²) in [5, 5.41) is 10.5. The van der Waals surface area contributed by atoms with Gasteiger partial charge in [-0.2, -0.15) is 0 Å². The number of nitrogens with zero attached hydrogens (tertiary/aromatic N) is 1. The lowest BCUT2D eigenvalue weighted by Gasteiger charge is -2.25. The highest BCUT2D eigenvalue weighted by Crippen LogP contribution is 2.22. The van der Waals surface area contributed by atoms with Crippen molar-refractivity contribution in [2.24, 2.45) is 11.8 Å². The Balaban J connectivity index is 2.09. The quantitative estimate of drug-likeness (QED) is 0.613. The zero-order valence-corrected chi connectivity index (χ0v) is 19.7. The Hall–Kier alpha value is -1.58. The number of quaternary nitrogens is 1. The Morgan fingerprint density at radius 1 is 1.00 bits per heavy atom. The molecule has 0 saturated carbocycles. The van der Waals surface area contributed by atoms with Crippen molar-refractivity contribution in [1.82, 2.24) is 4.57 Å². The molecule has 2 atom stereocenters. The van der Waals surface area contributed by atoms with Crippen LogP contribution in [0.1, 0.15) is 71.7 Å². The second kappa shape index (κ2) is 10.4. The molecule has 162 valence electrons. The standard InChI is InChI=1S/C26H42N2O/c1-20(2)14-16-27(19-25(29)21(3)4)18-24-9-8-15-28(24)17-22-10-12-23(13-11-22)26(5,6)7/h8-13,15,20-21,25,29H,14,16-19H2,1-7H3/p+1/t25-/m0/s1. The zero-order valence-electron chi connectivity index (χ0n) is 19.7. The molecule has 0 radical (unpaired) electrons. The van der Waals surface area contributed by atoms with E-state index in [2.05, 4.69) is 95.6 Å². The van der Waals surface area contributed by atoms with Crippen LogP contribution in [-0.4, -0.2) is 28.9 Å². The lowest BCUT2D eigenvalue weighted by atomic mass is 9.87. The van der Waals surface area contributed by atoms with Gasteiger partial charge >= 0.3 is 0 Å². The number of rotatable bonds is 10. The van der Waals surface area contributed by atoms with Crippen molar-refractivity contribution in [3.8, 4) is 0 Å². The Bertz CT molecular complexity index is 722. The summed E-state index contributed by atoms with van der Waals surface area (Å²) in [6.07, 6.45) is 3.13. The lowest BCUT2D eigenvalue weighted by Crippen LogP contribution is -3.12. The van der Waals surface area contributed by atoms with Gasteiger partial charge in [-0.3, -0.25) is 0 Å². The van der Waals surface area contributed by atoms with Crippen molar-refractivity contribution in [2.75, 3.05) is 13.1 Å². The first-order valence-electron chi connectivity index (χ1n) is 11.3. The Labute approximate surface area is 178 Å². The summed E-state index contributed by atoms with van der Waals surface area (Å²) in [5.41, 5.74) is 4.25. The van der Waals surface area contributed by atoms with Gasteiger partial charge in [-0.25, -0.2) is 0 Å². The maximum absolute atomic E-state index is 10.5. The molecule has 1 aromatic carbocycles. The molecule has 3 nitrogen and oxygen atoms in total. The van der Waals surface area contributed by atoms with Crippen LogP contribution in [0.3, 0.4) is 0 Å². The number of aromatic nitrogens is 1. The van der Waals surface area contributed by atoms with Crippen LogP contribution in [0.25, 0.3) is 0 Å². The molecular weight excluding hydrogens is 356 g/mol. The summed E-state index contributed by atoms with van der Waals surface area (Å²) >= 11 is 0. The largest absolute Gasteiger partial charge is 0.387 e. The zero-order chi connectivity index (χ0) is 21.6. The number of nitrogens with one attached hydrogen (secondary N) is 1. The van der Waals surface area contributed by atoms with Crippen LogP contribution < -0.4 is 4.90 Å². The molecule has 29 heavy (non-hydrogen) atoms. The van der Waals surface area contributed by atoms with Gasteiger partial charge in [0.25, 0.3) is 0 Å². The normalized spacial score (nSPS) is 14.6. The van der Waals surface area contributed by atoms with E-state index in [0.717, 1.165) is 26.2 Å². The molecule has 0 aliphatic carbocycles. The molecule has 0 fully saturated rings. The summed E-state index contributed by atoms with van der Waals surface area (Å²) in [4.78, 5) is 1.47. The van der Waals surface area contributed by atoms with Crippen LogP contribution >= 0.6 is 0 Å². The van der Waals surface area contributed by atoms with Gasteiger partial charge < -0.3 is 14.6 Å². The summed E-state index contributed by atoms with van der Waals surface area (Å²) in [5.74, 6) is 0.992. The maximum atomic E-state index is 10.5. The first-order valence-corrected chi connectivity index (χ1v) is 11.3. The van der Waals surface area contributed by atoms with Gasteiger partial charge in [0.05, 0.1) is 12.2 Å². The highest BCUT2D eigenvalue weighted by atomic mass is 16.3. The third-order valence-corrected chi connectivity index (χ3v) is 5.87. The van der Waals surface area contributed by atoms with E-state index in [9.17, 15) is 5.11 Å². The lowest BCUT2D eigenvalue weighted by molar-refractivity contribution is -0.918. The molecule has 0 aliphatic rings. The summed E-state index contributed by atoms with van der Waals surface area (Å²) in [7, 11) is 0. The molecule has 1 heterocycles. The fourth-order valence-corrected chi connectivity index (χ4v) is 3.61. The number of hydrogen-bond acceptors (Lipinski definition) is 1. The number of benzene rings is 1. The fraction of sp³-hybridized carbons (Fsp3) is 0.615. The smallest absolute Gasteiger partial charge is 0.118 e. The predicted molar refractivity (Wildman–Crippen MR) is 123 cm³/mol. The highest BCUT2D eigenvalue weighted by Gasteiger charge is 2.20. The second-order valence-electron chi connectivity index (χ2n) is 10.4. The predicted octanol–water partition coefficient (Wildman–Crippen LogP) is 4.28. The van der Waals surface area contributed by atoms with Crippen molar-refractivity contribution >= 4 is 0 Å². The van der Waals surface area contributed by atoms with Gasteiger partial charge in [-0.15, -0.1) is 0 Å². The molecule has 2 aromatic rings. The van der Waals surface area contributed by atoms with E-state index in [1.807, 2.05) is 0 Å². The highest BCUT2D eigenvalue weighted by molar-refractivity contribution is 5.28. The third-order valence-electron chi connectivity index (χ3n) is 5.87. The number of aliphatic hydroxyl groups is 1. The molecule has 3 heteroatoms. The number of hydrogen-bond donors (Lipinski definition) is 2. The minimum atomic E-state index is -0.245. The van der Waals surface area contributed by atoms with Crippen molar-refractivity contribution in [3.05, 3.63) is 59.4 Å². The summed E-state index contributed by atoms with van der Waals surface area (Å²) in [6, 6.07) is 13.4. The maximum Gasteiger partial charge on any atom is 0.118 e. The fourth-order valence-electron chi connectivity index (χ4n) is 3.61. The molecule has 0 spiro atoms. The molecule has 1 aromatic heterocycles. The Morgan fingerprint density at radius 2 is 1.66 bits per heavy atom. The van der Waals surface area contributed by atoms with Gasteiger partial charge in [0.15, 0.2) is 0 Å².